The predicted molar refractivity (Wildman–Crippen MR) is 191 cm³/mol. The van der Waals surface area contributed by atoms with E-state index in [1.54, 1.807) is 0 Å². The lowest BCUT2D eigenvalue weighted by atomic mass is 10.0. The van der Waals surface area contributed by atoms with E-state index in [0.29, 0.717) is 5.95 Å². The summed E-state index contributed by atoms with van der Waals surface area (Å²) in [5.41, 5.74) is 8.81. The Kier molecular flexibility index (Phi) is 4.55. The van der Waals surface area contributed by atoms with E-state index < -0.39 is 0 Å². The molecule has 0 bridgehead atoms. The van der Waals surface area contributed by atoms with Crippen molar-refractivity contribution in [3.8, 4) is 17.2 Å². The fraction of sp³-hybridized carbons (Fsp3) is 0. The van der Waals surface area contributed by atoms with Crippen molar-refractivity contribution in [1.82, 2.24) is 18.9 Å². The summed E-state index contributed by atoms with van der Waals surface area (Å²) >= 11 is 0. The number of nitrogens with zero attached hydrogens (tertiary/aromatic N) is 4. The third kappa shape index (κ3) is 2.98. The number of fused-ring (bicyclic) bond motifs is 8. The van der Waals surface area contributed by atoms with Gasteiger partial charge in [0.15, 0.2) is 0 Å². The molecule has 4 heteroatoms. The number of rotatable bonds is 2. The van der Waals surface area contributed by atoms with Crippen LogP contribution in [0.5, 0.6) is 0 Å². The van der Waals surface area contributed by atoms with Crippen LogP contribution in [0.15, 0.2) is 146 Å². The second kappa shape index (κ2) is 8.68. The van der Waals surface area contributed by atoms with Crippen molar-refractivity contribution in [3.63, 3.8) is 0 Å². The minimum atomic E-state index is 0.674. The standard InChI is InChI=1S/C42H24N4/c1-2-12-26(13-3-1)39-32-24-23-25-11-4-5-14-27(25)40(32)44-42(43-39)46-34-20-9-16-29-31-18-8-17-30-28-15-6-7-19-33(28)45(41(30)31)35-21-10-22-36(46)38(35)37(29)34/h1-24H. The highest BCUT2D eigenvalue weighted by Gasteiger charge is 2.23. The van der Waals surface area contributed by atoms with E-state index >= 15 is 0 Å². The van der Waals surface area contributed by atoms with Crippen LogP contribution in [-0.4, -0.2) is 18.9 Å². The Morgan fingerprint density at radius 1 is 0.391 bits per heavy atom. The lowest BCUT2D eigenvalue weighted by Gasteiger charge is -2.13. The van der Waals surface area contributed by atoms with E-state index in [-0.39, 0.29) is 0 Å². The van der Waals surface area contributed by atoms with Crippen molar-refractivity contribution in [2.45, 2.75) is 0 Å². The molecule has 11 aromatic rings. The van der Waals surface area contributed by atoms with Gasteiger partial charge in [0, 0.05) is 43.3 Å². The number of aromatic nitrogens is 4. The topological polar surface area (TPSA) is 35.1 Å². The zero-order valence-corrected chi connectivity index (χ0v) is 24.6. The second-order valence-electron chi connectivity index (χ2n) is 12.2. The molecule has 212 valence electrons. The molecule has 0 N–H and O–H groups in total. The molecule has 0 aliphatic heterocycles. The predicted octanol–water partition coefficient (Wildman–Crippen LogP) is 10.7. The molecular formula is C42H24N4. The Balaban J connectivity index is 1.38. The number of para-hydroxylation sites is 2. The Bertz CT molecular complexity index is 3020. The molecule has 0 aliphatic carbocycles. The van der Waals surface area contributed by atoms with Gasteiger partial charge in [0.2, 0.25) is 5.95 Å². The van der Waals surface area contributed by atoms with Crippen molar-refractivity contribution in [3.05, 3.63) is 146 Å². The van der Waals surface area contributed by atoms with Crippen LogP contribution in [0.3, 0.4) is 0 Å². The molecule has 0 aliphatic rings. The van der Waals surface area contributed by atoms with Crippen molar-refractivity contribution in [2.24, 2.45) is 0 Å². The van der Waals surface area contributed by atoms with Gasteiger partial charge in [-0.05, 0) is 41.1 Å². The molecule has 0 atom stereocenters. The largest absolute Gasteiger partial charge is 0.308 e. The summed E-state index contributed by atoms with van der Waals surface area (Å²) in [6.45, 7) is 0. The molecule has 46 heavy (non-hydrogen) atoms. The van der Waals surface area contributed by atoms with Crippen LogP contribution in [0, 0.1) is 0 Å². The fourth-order valence-corrected chi connectivity index (χ4v) is 7.97. The van der Waals surface area contributed by atoms with Gasteiger partial charge in [-0.3, -0.25) is 4.57 Å². The highest BCUT2D eigenvalue weighted by molar-refractivity contribution is 6.31. The molecule has 0 spiro atoms. The van der Waals surface area contributed by atoms with Crippen LogP contribution in [0.1, 0.15) is 0 Å². The van der Waals surface area contributed by atoms with Crippen molar-refractivity contribution in [2.75, 3.05) is 0 Å². The Morgan fingerprint density at radius 3 is 1.91 bits per heavy atom. The number of hydrogen-bond donors (Lipinski definition) is 0. The summed E-state index contributed by atoms with van der Waals surface area (Å²) in [6, 6.07) is 52.2. The van der Waals surface area contributed by atoms with Gasteiger partial charge in [0.1, 0.15) is 0 Å². The SMILES string of the molecule is c1ccc(-c2nc(-n3c4cccc5c6cccc7c8ccccc8n(c8cccc3c8c54)c67)nc3c2ccc2ccccc23)cc1. The van der Waals surface area contributed by atoms with Crippen LogP contribution in [0.4, 0.5) is 0 Å². The van der Waals surface area contributed by atoms with Crippen LogP contribution >= 0.6 is 0 Å². The lowest BCUT2D eigenvalue weighted by Crippen LogP contribution is -2.04. The molecule has 7 aromatic carbocycles. The molecular weight excluding hydrogens is 560 g/mol. The maximum atomic E-state index is 5.40. The van der Waals surface area contributed by atoms with Gasteiger partial charge >= 0.3 is 0 Å². The summed E-state index contributed by atoms with van der Waals surface area (Å²) in [7, 11) is 0. The first-order valence-electron chi connectivity index (χ1n) is 15.7. The average molecular weight is 585 g/mol. The summed E-state index contributed by atoms with van der Waals surface area (Å²) in [6.07, 6.45) is 0. The van der Waals surface area contributed by atoms with Crippen LogP contribution in [0.25, 0.3) is 98.8 Å². The first-order valence-corrected chi connectivity index (χ1v) is 15.7. The number of benzene rings is 7. The maximum Gasteiger partial charge on any atom is 0.235 e. The van der Waals surface area contributed by atoms with E-state index in [1.807, 2.05) is 0 Å². The van der Waals surface area contributed by atoms with E-state index in [2.05, 4.69) is 155 Å². The Labute approximate surface area is 262 Å². The quantitative estimate of drug-likeness (QED) is 0.190. The Morgan fingerprint density at radius 2 is 1.02 bits per heavy atom. The van der Waals surface area contributed by atoms with Crippen LogP contribution in [-0.2, 0) is 0 Å². The maximum absolute atomic E-state index is 5.40. The van der Waals surface area contributed by atoms with Gasteiger partial charge in [-0.25, -0.2) is 9.97 Å². The highest BCUT2D eigenvalue weighted by atomic mass is 15.2. The van der Waals surface area contributed by atoms with Gasteiger partial charge in [-0.2, -0.15) is 0 Å². The second-order valence-corrected chi connectivity index (χ2v) is 12.2. The molecule has 4 aromatic heterocycles. The average Bonchev–Trinajstić information content (AvgIpc) is 3.60. The molecule has 4 heterocycles. The molecule has 0 saturated heterocycles. The zero-order valence-electron chi connectivity index (χ0n) is 24.6. The summed E-state index contributed by atoms with van der Waals surface area (Å²) < 4.78 is 4.75. The molecule has 4 nitrogen and oxygen atoms in total. The van der Waals surface area contributed by atoms with Gasteiger partial charge in [-0.1, -0.05) is 115 Å². The van der Waals surface area contributed by atoms with Crippen molar-refractivity contribution >= 4 is 81.6 Å². The molecule has 0 amide bonds. The molecule has 11 rings (SSSR count). The molecule has 0 saturated carbocycles. The first kappa shape index (κ1) is 24.1. The third-order valence-electron chi connectivity index (χ3n) is 9.85. The third-order valence-corrected chi connectivity index (χ3v) is 9.85. The van der Waals surface area contributed by atoms with Gasteiger partial charge in [0.25, 0.3) is 0 Å². The van der Waals surface area contributed by atoms with Crippen molar-refractivity contribution < 1.29 is 0 Å². The van der Waals surface area contributed by atoms with Crippen LogP contribution < -0.4 is 0 Å². The van der Waals surface area contributed by atoms with E-state index in [1.165, 1.54) is 54.3 Å². The fourth-order valence-electron chi connectivity index (χ4n) is 7.97. The van der Waals surface area contributed by atoms with E-state index in [4.69, 9.17) is 9.97 Å². The summed E-state index contributed by atoms with van der Waals surface area (Å²) in [5.74, 6) is 0.674. The highest BCUT2D eigenvalue weighted by Crippen LogP contribution is 2.44. The summed E-state index contributed by atoms with van der Waals surface area (Å²) in [4.78, 5) is 10.8. The first-order chi connectivity index (χ1) is 22.8. The van der Waals surface area contributed by atoms with E-state index in [0.717, 1.165) is 38.6 Å². The van der Waals surface area contributed by atoms with Gasteiger partial charge in [-0.15, -0.1) is 0 Å². The smallest absolute Gasteiger partial charge is 0.235 e. The molecule has 0 radical (unpaired) electrons. The van der Waals surface area contributed by atoms with Gasteiger partial charge in [0.05, 0.1) is 38.8 Å². The van der Waals surface area contributed by atoms with Crippen molar-refractivity contribution in [1.29, 1.82) is 0 Å². The van der Waals surface area contributed by atoms with E-state index in [9.17, 15) is 0 Å². The Hall–Kier alpha value is -6.26. The minimum absolute atomic E-state index is 0.674. The molecule has 0 fully saturated rings. The minimum Gasteiger partial charge on any atom is -0.308 e. The lowest BCUT2D eigenvalue weighted by molar-refractivity contribution is 1.02. The number of hydrogen-bond acceptors (Lipinski definition) is 2. The van der Waals surface area contributed by atoms with Gasteiger partial charge < -0.3 is 4.40 Å². The normalized spacial score (nSPS) is 12.3. The summed E-state index contributed by atoms with van der Waals surface area (Å²) in [5, 5.41) is 10.8. The van der Waals surface area contributed by atoms with Crippen LogP contribution in [0.2, 0.25) is 0 Å². The zero-order chi connectivity index (χ0) is 29.9. The molecule has 0 unspecified atom stereocenters. The monoisotopic (exact) mass is 584 g/mol.